The summed E-state index contributed by atoms with van der Waals surface area (Å²) in [6.45, 7) is 1.76. The van der Waals surface area contributed by atoms with Gasteiger partial charge in [0.15, 0.2) is 11.5 Å². The van der Waals surface area contributed by atoms with Crippen molar-refractivity contribution in [2.45, 2.75) is 32.4 Å². The average molecular weight is 446 g/mol. The molecule has 0 radical (unpaired) electrons. The molecular weight excluding hydrogens is 422 g/mol. The van der Waals surface area contributed by atoms with E-state index < -0.39 is 13.0 Å². The van der Waals surface area contributed by atoms with Gasteiger partial charge in [-0.2, -0.15) is 0 Å². The van der Waals surface area contributed by atoms with Gasteiger partial charge in [-0.25, -0.2) is 18.7 Å². The fraction of sp³-hybridized carbons (Fsp3) is 0.409. The molecule has 170 valence electrons. The van der Waals surface area contributed by atoms with E-state index in [1.807, 2.05) is 6.92 Å². The number of benzene rings is 1. The molecule has 0 aliphatic carbocycles. The van der Waals surface area contributed by atoms with Gasteiger partial charge in [0.1, 0.15) is 17.4 Å². The first-order valence-electron chi connectivity index (χ1n) is 10.2. The Morgan fingerprint density at radius 3 is 2.66 bits per heavy atom. The molecule has 10 heteroatoms. The molecule has 3 aromatic rings. The number of imidazole rings is 1. The van der Waals surface area contributed by atoms with E-state index in [1.54, 1.807) is 24.3 Å². The van der Waals surface area contributed by atoms with Crippen molar-refractivity contribution in [1.82, 2.24) is 19.9 Å². The van der Waals surface area contributed by atoms with Crippen LogP contribution in [-0.4, -0.2) is 53.7 Å². The van der Waals surface area contributed by atoms with Crippen LogP contribution in [-0.2, 0) is 11.3 Å². The van der Waals surface area contributed by atoms with E-state index >= 15 is 0 Å². The third-order valence-electron chi connectivity index (χ3n) is 5.55. The van der Waals surface area contributed by atoms with E-state index in [9.17, 15) is 13.6 Å². The molecule has 1 saturated heterocycles. The van der Waals surface area contributed by atoms with Crippen LogP contribution in [0.1, 0.15) is 13.3 Å². The number of rotatable bonds is 8. The fourth-order valence-corrected chi connectivity index (χ4v) is 3.88. The van der Waals surface area contributed by atoms with Gasteiger partial charge < -0.3 is 24.1 Å². The zero-order valence-corrected chi connectivity index (χ0v) is 18.0. The highest BCUT2D eigenvalue weighted by molar-refractivity contribution is 5.85. The Bertz CT molecular complexity index is 1130. The molecule has 0 bridgehead atoms. The molecule has 2 aromatic heterocycles. The number of carbonyl (C=O) groups excluding carboxylic acids is 1. The number of nitrogens with zero attached hydrogens (tertiary/aromatic N) is 3. The number of methoxy groups -OCH3 is 2. The van der Waals surface area contributed by atoms with Gasteiger partial charge in [0, 0.05) is 30.6 Å². The summed E-state index contributed by atoms with van der Waals surface area (Å²) in [4.78, 5) is 20.4. The average Bonchev–Trinajstić information content (AvgIpc) is 3.37. The van der Waals surface area contributed by atoms with Crippen LogP contribution in [0.2, 0.25) is 0 Å². The first kappa shape index (κ1) is 21.8. The molecule has 0 unspecified atom stereocenters. The molecule has 0 saturated carbocycles. The van der Waals surface area contributed by atoms with E-state index in [-0.39, 0.29) is 23.8 Å². The molecule has 0 spiro atoms. The molecule has 3 heterocycles. The molecular formula is C22H24F2N4O4. The Balaban J connectivity index is 1.79. The number of halogens is 2. The fourth-order valence-electron chi connectivity index (χ4n) is 3.88. The van der Waals surface area contributed by atoms with Crippen molar-refractivity contribution in [2.75, 3.05) is 20.8 Å². The summed E-state index contributed by atoms with van der Waals surface area (Å²) in [5, 5.41) is 2.78. The molecule has 32 heavy (non-hydrogen) atoms. The third-order valence-corrected chi connectivity index (χ3v) is 5.55. The van der Waals surface area contributed by atoms with Crippen LogP contribution in [0.15, 0.2) is 30.5 Å². The van der Waals surface area contributed by atoms with Gasteiger partial charge in [0.05, 0.1) is 26.3 Å². The van der Waals surface area contributed by atoms with E-state index in [0.717, 1.165) is 0 Å². The van der Waals surface area contributed by atoms with Gasteiger partial charge >= 0.3 is 0 Å². The maximum atomic E-state index is 13.6. The SMILES string of the molecule is COc1ccc(-c2nc3ccnc(O[C@H](C)[C@H]4CNC(=O)C4)c3n2CC(F)F)cc1OC. The van der Waals surface area contributed by atoms with Gasteiger partial charge in [-0.15, -0.1) is 0 Å². The van der Waals surface area contributed by atoms with Crippen molar-refractivity contribution >= 4 is 16.9 Å². The molecule has 1 aliphatic heterocycles. The normalized spacial score (nSPS) is 16.9. The summed E-state index contributed by atoms with van der Waals surface area (Å²) in [6, 6.07) is 6.77. The molecule has 2 atom stereocenters. The Labute approximate surface area is 183 Å². The van der Waals surface area contributed by atoms with Crippen molar-refractivity contribution in [3.05, 3.63) is 30.5 Å². The number of amides is 1. The predicted octanol–water partition coefficient (Wildman–Crippen LogP) is 3.28. The van der Waals surface area contributed by atoms with Crippen LogP contribution in [0.4, 0.5) is 8.78 Å². The number of nitrogens with one attached hydrogen (secondary N) is 1. The van der Waals surface area contributed by atoms with Crippen molar-refractivity contribution in [2.24, 2.45) is 5.92 Å². The van der Waals surface area contributed by atoms with E-state index in [0.29, 0.717) is 46.9 Å². The lowest BCUT2D eigenvalue weighted by atomic mass is 10.0. The molecule has 1 N–H and O–H groups in total. The maximum absolute atomic E-state index is 13.6. The maximum Gasteiger partial charge on any atom is 0.256 e. The summed E-state index contributed by atoms with van der Waals surface area (Å²) < 4.78 is 45.2. The summed E-state index contributed by atoms with van der Waals surface area (Å²) in [5.41, 5.74) is 1.44. The zero-order chi connectivity index (χ0) is 22.8. The lowest BCUT2D eigenvalue weighted by molar-refractivity contribution is -0.119. The minimum absolute atomic E-state index is 0.0312. The number of hydrogen-bond donors (Lipinski definition) is 1. The summed E-state index contributed by atoms with van der Waals surface area (Å²) >= 11 is 0. The second kappa shape index (κ2) is 8.97. The Kier molecular flexibility index (Phi) is 6.11. The van der Waals surface area contributed by atoms with Crippen LogP contribution in [0, 0.1) is 5.92 Å². The Hall–Kier alpha value is -3.43. The third kappa shape index (κ3) is 4.17. The minimum atomic E-state index is -2.62. The number of fused-ring (bicyclic) bond motifs is 1. The van der Waals surface area contributed by atoms with Crippen LogP contribution in [0.25, 0.3) is 22.4 Å². The zero-order valence-electron chi connectivity index (χ0n) is 18.0. The predicted molar refractivity (Wildman–Crippen MR) is 113 cm³/mol. The Morgan fingerprint density at radius 1 is 1.22 bits per heavy atom. The van der Waals surface area contributed by atoms with Gasteiger partial charge in [0.2, 0.25) is 11.8 Å². The van der Waals surface area contributed by atoms with Crippen LogP contribution in [0.5, 0.6) is 17.4 Å². The van der Waals surface area contributed by atoms with Crippen LogP contribution in [0.3, 0.4) is 0 Å². The highest BCUT2D eigenvalue weighted by Gasteiger charge is 2.29. The first-order valence-corrected chi connectivity index (χ1v) is 10.2. The minimum Gasteiger partial charge on any atom is -0.493 e. The molecule has 8 nitrogen and oxygen atoms in total. The van der Waals surface area contributed by atoms with Crippen molar-refractivity contribution < 1.29 is 27.8 Å². The number of aromatic nitrogens is 3. The van der Waals surface area contributed by atoms with Crippen LogP contribution >= 0.6 is 0 Å². The lowest BCUT2D eigenvalue weighted by Crippen LogP contribution is -2.26. The van der Waals surface area contributed by atoms with Crippen molar-refractivity contribution in [3.8, 4) is 28.8 Å². The molecule has 1 amide bonds. The lowest BCUT2D eigenvalue weighted by Gasteiger charge is -2.20. The van der Waals surface area contributed by atoms with Gasteiger partial charge in [-0.1, -0.05) is 0 Å². The van der Waals surface area contributed by atoms with E-state index in [1.165, 1.54) is 25.0 Å². The topological polar surface area (TPSA) is 87.5 Å². The smallest absolute Gasteiger partial charge is 0.256 e. The van der Waals surface area contributed by atoms with Crippen molar-refractivity contribution in [1.29, 1.82) is 0 Å². The Morgan fingerprint density at radius 2 is 2.00 bits per heavy atom. The highest BCUT2D eigenvalue weighted by atomic mass is 19.3. The quantitative estimate of drug-likeness (QED) is 0.572. The molecule has 1 fully saturated rings. The first-order chi connectivity index (χ1) is 15.4. The summed E-state index contributed by atoms with van der Waals surface area (Å²) in [5.74, 6) is 1.46. The van der Waals surface area contributed by atoms with Gasteiger partial charge in [-0.3, -0.25) is 4.79 Å². The molecule has 4 rings (SSSR count). The van der Waals surface area contributed by atoms with Gasteiger partial charge in [0.25, 0.3) is 6.43 Å². The number of pyridine rings is 1. The number of alkyl halides is 2. The molecule has 1 aromatic carbocycles. The monoisotopic (exact) mass is 446 g/mol. The number of carbonyl (C=O) groups is 1. The number of ether oxygens (including phenoxy) is 3. The second-order valence-corrected chi connectivity index (χ2v) is 7.58. The van der Waals surface area contributed by atoms with Crippen molar-refractivity contribution in [3.63, 3.8) is 0 Å². The molecule has 1 aliphatic rings. The standard InChI is InChI=1S/C22H24F2N4O4/c1-12(14-9-19(29)26-10-14)32-22-20-15(6-7-25-22)27-21(28(20)11-18(23)24)13-4-5-16(30-2)17(8-13)31-3/h4-8,12,14,18H,9-11H2,1-3H3,(H,26,29)/t12-,14-/m1/s1. The second-order valence-electron chi connectivity index (χ2n) is 7.58. The summed E-state index contributed by atoms with van der Waals surface area (Å²) in [7, 11) is 3.02. The van der Waals surface area contributed by atoms with Crippen LogP contribution < -0.4 is 19.5 Å². The largest absolute Gasteiger partial charge is 0.493 e. The van der Waals surface area contributed by atoms with Gasteiger partial charge in [-0.05, 0) is 31.2 Å². The summed E-state index contributed by atoms with van der Waals surface area (Å²) in [6.07, 6.45) is -1.08. The highest BCUT2D eigenvalue weighted by Crippen LogP contribution is 2.36. The number of hydrogen-bond acceptors (Lipinski definition) is 6. The van der Waals surface area contributed by atoms with E-state index in [2.05, 4.69) is 15.3 Å². The van der Waals surface area contributed by atoms with E-state index in [4.69, 9.17) is 14.2 Å².